The Bertz CT molecular complexity index is 962. The summed E-state index contributed by atoms with van der Waals surface area (Å²) < 4.78 is 10.9. The van der Waals surface area contributed by atoms with E-state index >= 15 is 0 Å². The van der Waals surface area contributed by atoms with Crippen molar-refractivity contribution in [2.75, 3.05) is 20.3 Å². The fourth-order valence-corrected chi connectivity index (χ4v) is 3.48. The molecule has 0 bridgehead atoms. The minimum Gasteiger partial charge on any atom is -0.497 e. The number of carbonyl (C=O) groups is 1. The van der Waals surface area contributed by atoms with Gasteiger partial charge in [0.1, 0.15) is 11.5 Å². The molecule has 1 amide bonds. The Morgan fingerprint density at radius 2 is 1.67 bits per heavy atom. The maximum Gasteiger partial charge on any atom is 0.260 e. The molecule has 0 fully saturated rings. The third-order valence-electron chi connectivity index (χ3n) is 4.66. The molecule has 3 aromatic carbocycles. The zero-order chi connectivity index (χ0) is 21.3. The first kappa shape index (κ1) is 22.0. The highest BCUT2D eigenvalue weighted by Gasteiger charge is 2.16. The maximum absolute atomic E-state index is 12.9. The summed E-state index contributed by atoms with van der Waals surface area (Å²) >= 11 is 12.3. The number of nitrogens with zero attached hydrogens (tertiary/aromatic N) is 1. The highest BCUT2D eigenvalue weighted by atomic mass is 35.5. The zero-order valence-electron chi connectivity index (χ0n) is 16.7. The van der Waals surface area contributed by atoms with Crippen molar-refractivity contribution >= 4 is 29.1 Å². The van der Waals surface area contributed by atoms with Crippen LogP contribution in [0.2, 0.25) is 10.0 Å². The van der Waals surface area contributed by atoms with Gasteiger partial charge in [-0.15, -0.1) is 0 Å². The Labute approximate surface area is 186 Å². The standard InChI is InChI=1S/C24H23Cl2NO3/c1-29-21-11-7-18(8-12-21)16-27(14-13-19-9-10-20(25)15-23(19)26)24(28)17-30-22-5-3-2-4-6-22/h2-12,15H,13-14,16-17H2,1H3. The van der Waals surface area contributed by atoms with Crippen LogP contribution in [0.4, 0.5) is 0 Å². The van der Waals surface area contributed by atoms with Gasteiger partial charge in [0.2, 0.25) is 0 Å². The van der Waals surface area contributed by atoms with E-state index in [1.54, 1.807) is 24.1 Å². The lowest BCUT2D eigenvalue weighted by Gasteiger charge is -2.23. The van der Waals surface area contributed by atoms with E-state index in [1.165, 1.54) is 0 Å². The van der Waals surface area contributed by atoms with Crippen LogP contribution in [0.3, 0.4) is 0 Å². The summed E-state index contributed by atoms with van der Waals surface area (Å²) in [6, 6.07) is 22.4. The molecule has 0 saturated heterocycles. The maximum atomic E-state index is 12.9. The molecule has 0 N–H and O–H groups in total. The summed E-state index contributed by atoms with van der Waals surface area (Å²) in [6.07, 6.45) is 0.614. The summed E-state index contributed by atoms with van der Waals surface area (Å²) in [5.74, 6) is 1.34. The van der Waals surface area contributed by atoms with Crippen LogP contribution in [0.5, 0.6) is 11.5 Å². The lowest BCUT2D eigenvalue weighted by Crippen LogP contribution is -2.36. The quantitative estimate of drug-likeness (QED) is 0.428. The lowest BCUT2D eigenvalue weighted by atomic mass is 10.1. The Morgan fingerprint density at radius 3 is 2.33 bits per heavy atom. The molecule has 30 heavy (non-hydrogen) atoms. The molecule has 0 unspecified atom stereocenters. The molecule has 0 radical (unpaired) electrons. The van der Waals surface area contributed by atoms with Crippen LogP contribution < -0.4 is 9.47 Å². The summed E-state index contributed by atoms with van der Waals surface area (Å²) in [4.78, 5) is 14.7. The predicted molar refractivity (Wildman–Crippen MR) is 121 cm³/mol. The summed E-state index contributed by atoms with van der Waals surface area (Å²) in [6.45, 7) is 0.936. The van der Waals surface area contributed by atoms with Crippen LogP contribution in [0, 0.1) is 0 Å². The first-order valence-electron chi connectivity index (χ1n) is 9.57. The molecular formula is C24H23Cl2NO3. The van der Waals surface area contributed by atoms with Gasteiger partial charge < -0.3 is 14.4 Å². The molecule has 0 aromatic heterocycles. The molecular weight excluding hydrogens is 421 g/mol. The molecule has 4 nitrogen and oxygen atoms in total. The van der Waals surface area contributed by atoms with Crippen molar-refractivity contribution in [3.05, 3.63) is 94.0 Å². The highest BCUT2D eigenvalue weighted by molar-refractivity contribution is 6.35. The SMILES string of the molecule is COc1ccc(CN(CCc2ccc(Cl)cc2Cl)C(=O)COc2ccccc2)cc1. The molecule has 0 saturated carbocycles. The number of halogens is 2. The van der Waals surface area contributed by atoms with Crippen LogP contribution in [0.1, 0.15) is 11.1 Å². The van der Waals surface area contributed by atoms with Gasteiger partial charge in [0, 0.05) is 23.1 Å². The molecule has 3 aromatic rings. The number of benzene rings is 3. The van der Waals surface area contributed by atoms with E-state index in [2.05, 4.69) is 0 Å². The lowest BCUT2D eigenvalue weighted by molar-refractivity contribution is -0.134. The molecule has 0 aliphatic rings. The van der Waals surface area contributed by atoms with Crippen molar-refractivity contribution < 1.29 is 14.3 Å². The van der Waals surface area contributed by atoms with Gasteiger partial charge in [0.15, 0.2) is 6.61 Å². The van der Waals surface area contributed by atoms with Crippen LogP contribution in [0.25, 0.3) is 0 Å². The molecule has 6 heteroatoms. The third-order valence-corrected chi connectivity index (χ3v) is 5.24. The summed E-state index contributed by atoms with van der Waals surface area (Å²) in [5.41, 5.74) is 1.95. The van der Waals surface area contributed by atoms with E-state index in [0.29, 0.717) is 35.3 Å². The molecule has 0 aliphatic heterocycles. The number of hydrogen-bond acceptors (Lipinski definition) is 3. The van der Waals surface area contributed by atoms with Crippen molar-refractivity contribution in [1.29, 1.82) is 0 Å². The van der Waals surface area contributed by atoms with E-state index in [-0.39, 0.29) is 12.5 Å². The van der Waals surface area contributed by atoms with Crippen molar-refractivity contribution in [1.82, 2.24) is 4.90 Å². The number of amides is 1. The minimum absolute atomic E-state index is 0.0332. The van der Waals surface area contributed by atoms with Gasteiger partial charge in [-0.05, 0) is 53.9 Å². The molecule has 0 heterocycles. The monoisotopic (exact) mass is 443 g/mol. The van der Waals surface area contributed by atoms with Gasteiger partial charge >= 0.3 is 0 Å². The van der Waals surface area contributed by atoms with E-state index in [1.807, 2.05) is 60.7 Å². The predicted octanol–water partition coefficient (Wildman–Crippen LogP) is 5.65. The number of hydrogen-bond donors (Lipinski definition) is 0. The van der Waals surface area contributed by atoms with Crippen LogP contribution in [0.15, 0.2) is 72.8 Å². The Hall–Kier alpha value is -2.69. The fourth-order valence-electron chi connectivity index (χ4n) is 2.98. The second kappa shape index (κ2) is 10.9. The van der Waals surface area contributed by atoms with Crippen molar-refractivity contribution in [2.45, 2.75) is 13.0 Å². The molecule has 0 spiro atoms. The molecule has 156 valence electrons. The van der Waals surface area contributed by atoms with Crippen LogP contribution in [-0.4, -0.2) is 31.1 Å². The number of carbonyl (C=O) groups excluding carboxylic acids is 1. The van der Waals surface area contributed by atoms with E-state index in [0.717, 1.165) is 16.9 Å². The zero-order valence-corrected chi connectivity index (χ0v) is 18.2. The minimum atomic E-state index is -0.0974. The first-order chi connectivity index (χ1) is 14.5. The van der Waals surface area contributed by atoms with Gasteiger partial charge in [-0.3, -0.25) is 4.79 Å². The van der Waals surface area contributed by atoms with Gasteiger partial charge in [0.05, 0.1) is 7.11 Å². The van der Waals surface area contributed by atoms with E-state index in [4.69, 9.17) is 32.7 Å². The van der Waals surface area contributed by atoms with Crippen LogP contribution >= 0.6 is 23.2 Å². The molecule has 0 aliphatic carbocycles. The van der Waals surface area contributed by atoms with E-state index in [9.17, 15) is 4.79 Å². The highest BCUT2D eigenvalue weighted by Crippen LogP contribution is 2.22. The number of rotatable bonds is 9. The second-order valence-corrected chi connectivity index (χ2v) is 7.59. The largest absolute Gasteiger partial charge is 0.497 e. The Morgan fingerprint density at radius 1 is 0.933 bits per heavy atom. The smallest absolute Gasteiger partial charge is 0.260 e. The van der Waals surface area contributed by atoms with Gasteiger partial charge in [-0.2, -0.15) is 0 Å². The molecule has 0 atom stereocenters. The average molecular weight is 444 g/mol. The fraction of sp³-hybridized carbons (Fsp3) is 0.208. The normalized spacial score (nSPS) is 10.5. The third kappa shape index (κ3) is 6.41. The van der Waals surface area contributed by atoms with Gasteiger partial charge in [-0.25, -0.2) is 0 Å². The van der Waals surface area contributed by atoms with E-state index < -0.39 is 0 Å². The summed E-state index contributed by atoms with van der Waals surface area (Å²) in [5, 5.41) is 1.19. The summed E-state index contributed by atoms with van der Waals surface area (Å²) in [7, 11) is 1.63. The van der Waals surface area contributed by atoms with Crippen LogP contribution in [-0.2, 0) is 17.8 Å². The van der Waals surface area contributed by atoms with Crippen molar-refractivity contribution in [3.63, 3.8) is 0 Å². The van der Waals surface area contributed by atoms with Crippen molar-refractivity contribution in [2.24, 2.45) is 0 Å². The second-order valence-electron chi connectivity index (χ2n) is 6.75. The Kier molecular flexibility index (Phi) is 8.00. The first-order valence-corrected chi connectivity index (χ1v) is 10.3. The molecule has 3 rings (SSSR count). The number of para-hydroxylation sites is 1. The van der Waals surface area contributed by atoms with Crippen molar-refractivity contribution in [3.8, 4) is 11.5 Å². The number of ether oxygens (including phenoxy) is 2. The Balaban J connectivity index is 1.69. The number of methoxy groups -OCH3 is 1. The van der Waals surface area contributed by atoms with Gasteiger partial charge in [-0.1, -0.05) is 59.6 Å². The average Bonchev–Trinajstić information content (AvgIpc) is 2.77. The topological polar surface area (TPSA) is 38.8 Å². The van der Waals surface area contributed by atoms with Gasteiger partial charge in [0.25, 0.3) is 5.91 Å².